The van der Waals surface area contributed by atoms with Gasteiger partial charge in [-0.2, -0.15) is 0 Å². The molecule has 1 aromatic carbocycles. The molecular weight excluding hydrogens is 419 g/mol. The van der Waals surface area contributed by atoms with Crippen LogP contribution in [-0.4, -0.2) is 41.3 Å². The quantitative estimate of drug-likeness (QED) is 0.268. The maximum absolute atomic E-state index is 6.18. The molecule has 0 atom stereocenters. The van der Waals surface area contributed by atoms with E-state index >= 15 is 0 Å². The fourth-order valence-electron chi connectivity index (χ4n) is 2.25. The number of rotatable bonds is 6. The van der Waals surface area contributed by atoms with Crippen LogP contribution in [0.5, 0.6) is 0 Å². The summed E-state index contributed by atoms with van der Waals surface area (Å²) in [5.74, 6) is 0.853. The minimum atomic E-state index is 0.312. The molecule has 0 radical (unpaired) electrons. The maximum atomic E-state index is 6.18. The molecule has 150 valence electrons. The Kier molecular flexibility index (Phi) is 8.85. The van der Waals surface area contributed by atoms with Gasteiger partial charge in [0.1, 0.15) is 0 Å². The molecule has 0 aliphatic carbocycles. The van der Waals surface area contributed by atoms with Crippen LogP contribution in [0.3, 0.4) is 0 Å². The topological polar surface area (TPSA) is 83.5 Å². The van der Waals surface area contributed by atoms with Crippen LogP contribution in [0.1, 0.15) is 17.8 Å². The van der Waals surface area contributed by atoms with Gasteiger partial charge in [-0.3, -0.25) is 10.3 Å². The van der Waals surface area contributed by atoms with Gasteiger partial charge in [-0.25, -0.2) is 9.97 Å². The second-order valence-corrected chi connectivity index (χ2v) is 7.13. The fourth-order valence-corrected chi connectivity index (χ4v) is 2.91. The van der Waals surface area contributed by atoms with Crippen molar-refractivity contribution < 1.29 is 4.74 Å². The highest BCUT2D eigenvalue weighted by Gasteiger charge is 2.09. The van der Waals surface area contributed by atoms with E-state index < -0.39 is 0 Å². The third kappa shape index (κ3) is 7.55. The molecule has 0 aliphatic rings. The summed E-state index contributed by atoms with van der Waals surface area (Å²) in [6.45, 7) is 4.95. The number of halogens is 2. The Morgan fingerprint density at radius 2 is 1.86 bits per heavy atom. The van der Waals surface area contributed by atoms with Crippen molar-refractivity contribution in [3.8, 4) is 0 Å². The molecule has 0 bridgehead atoms. The van der Waals surface area contributed by atoms with Crippen LogP contribution in [0.2, 0.25) is 10.0 Å². The minimum absolute atomic E-state index is 0.312. The van der Waals surface area contributed by atoms with E-state index in [9.17, 15) is 0 Å². The molecule has 28 heavy (non-hydrogen) atoms. The molecular formula is C18H22Cl2N6OS. The lowest BCUT2D eigenvalue weighted by atomic mass is 10.3. The molecule has 0 amide bonds. The zero-order valence-corrected chi connectivity index (χ0v) is 18.2. The number of ether oxygens (including phenoxy) is 1. The van der Waals surface area contributed by atoms with Crippen molar-refractivity contribution in [1.82, 2.24) is 15.3 Å². The number of guanidine groups is 1. The van der Waals surface area contributed by atoms with Crippen LogP contribution >= 0.6 is 35.4 Å². The summed E-state index contributed by atoms with van der Waals surface area (Å²) in [5.41, 5.74) is 2.33. The summed E-state index contributed by atoms with van der Waals surface area (Å²) >= 11 is 17.5. The lowest BCUT2D eigenvalue weighted by molar-refractivity contribution is 0.197. The lowest BCUT2D eigenvalue weighted by Gasteiger charge is -2.15. The lowest BCUT2D eigenvalue weighted by Crippen LogP contribution is -2.39. The van der Waals surface area contributed by atoms with Crippen molar-refractivity contribution in [2.45, 2.75) is 20.3 Å². The standard InChI is InChI=1S/C18H22Cl2N6OS/c1-11-9-12(2)23-17(22-11)25-16(21-7-4-8-27-3)26-18(28)24-15-6-5-13(19)10-14(15)20/h5-6,9-10H,4,7-8H2,1-3H3,(H3,21,22,23,24,25,26,28). The second kappa shape index (κ2) is 11.1. The first-order valence-corrected chi connectivity index (χ1v) is 9.69. The first-order chi connectivity index (χ1) is 13.4. The Bertz CT molecular complexity index is 842. The number of aromatic nitrogens is 2. The van der Waals surface area contributed by atoms with E-state index in [1.165, 1.54) is 0 Å². The van der Waals surface area contributed by atoms with Gasteiger partial charge in [-0.05, 0) is 56.8 Å². The van der Waals surface area contributed by atoms with Crippen molar-refractivity contribution in [2.24, 2.45) is 4.99 Å². The first-order valence-electron chi connectivity index (χ1n) is 8.53. The number of hydrogen-bond donors (Lipinski definition) is 3. The largest absolute Gasteiger partial charge is 0.385 e. The molecule has 0 spiro atoms. The average Bonchev–Trinajstić information content (AvgIpc) is 2.60. The number of methoxy groups -OCH3 is 1. The molecule has 1 heterocycles. The van der Waals surface area contributed by atoms with Crippen LogP contribution in [0, 0.1) is 13.8 Å². The Labute approximate surface area is 179 Å². The smallest absolute Gasteiger partial charge is 0.229 e. The van der Waals surface area contributed by atoms with Gasteiger partial charge in [-0.1, -0.05) is 23.2 Å². The molecule has 10 heteroatoms. The van der Waals surface area contributed by atoms with Crippen LogP contribution in [0.25, 0.3) is 0 Å². The van der Waals surface area contributed by atoms with Gasteiger partial charge >= 0.3 is 0 Å². The molecule has 0 saturated heterocycles. The maximum Gasteiger partial charge on any atom is 0.229 e. The molecule has 3 N–H and O–H groups in total. The number of aliphatic imine (C=N–C) groups is 1. The first kappa shape index (κ1) is 22.3. The third-order valence-electron chi connectivity index (χ3n) is 3.40. The number of benzene rings is 1. The number of nitrogens with zero attached hydrogens (tertiary/aromatic N) is 3. The predicted octanol–water partition coefficient (Wildman–Crippen LogP) is 4.19. The van der Waals surface area contributed by atoms with Gasteiger partial charge < -0.3 is 15.4 Å². The molecule has 0 saturated carbocycles. The number of nitrogens with one attached hydrogen (secondary N) is 3. The molecule has 0 unspecified atom stereocenters. The van der Waals surface area contributed by atoms with Crippen LogP contribution in [-0.2, 0) is 4.74 Å². The SMILES string of the molecule is COCCCN=C(NC(=S)Nc1ccc(Cl)cc1Cl)Nc1nc(C)cc(C)n1. The van der Waals surface area contributed by atoms with Crippen molar-refractivity contribution in [3.05, 3.63) is 45.7 Å². The van der Waals surface area contributed by atoms with Gasteiger partial charge in [0.15, 0.2) is 5.11 Å². The van der Waals surface area contributed by atoms with Crippen LogP contribution < -0.4 is 16.0 Å². The van der Waals surface area contributed by atoms with E-state index in [-0.39, 0.29) is 0 Å². The molecule has 7 nitrogen and oxygen atoms in total. The average molecular weight is 441 g/mol. The van der Waals surface area contributed by atoms with E-state index in [1.807, 2.05) is 19.9 Å². The summed E-state index contributed by atoms with van der Waals surface area (Å²) in [6.07, 6.45) is 0.764. The van der Waals surface area contributed by atoms with Gasteiger partial charge in [0.05, 0.1) is 10.7 Å². The molecule has 0 aliphatic heterocycles. The van der Waals surface area contributed by atoms with E-state index in [0.29, 0.717) is 45.9 Å². The summed E-state index contributed by atoms with van der Waals surface area (Å²) in [7, 11) is 1.65. The predicted molar refractivity (Wildman–Crippen MR) is 120 cm³/mol. The van der Waals surface area contributed by atoms with Gasteiger partial charge in [0, 0.05) is 36.7 Å². The number of hydrogen-bond acceptors (Lipinski definition) is 5. The van der Waals surface area contributed by atoms with Crippen molar-refractivity contribution in [2.75, 3.05) is 30.9 Å². The van der Waals surface area contributed by atoms with Crippen molar-refractivity contribution in [1.29, 1.82) is 0 Å². The highest BCUT2D eigenvalue weighted by atomic mass is 35.5. The summed E-state index contributed by atoms with van der Waals surface area (Å²) < 4.78 is 5.06. The zero-order chi connectivity index (χ0) is 20.5. The molecule has 2 aromatic rings. The molecule has 2 rings (SSSR count). The Morgan fingerprint density at radius 3 is 2.50 bits per heavy atom. The van der Waals surface area contributed by atoms with E-state index in [1.54, 1.807) is 25.3 Å². The van der Waals surface area contributed by atoms with Gasteiger partial charge in [-0.15, -0.1) is 0 Å². The van der Waals surface area contributed by atoms with Gasteiger partial charge in [0.2, 0.25) is 11.9 Å². The highest BCUT2D eigenvalue weighted by molar-refractivity contribution is 7.80. The van der Waals surface area contributed by atoms with Gasteiger partial charge in [0.25, 0.3) is 0 Å². The number of thiocarbonyl (C=S) groups is 1. The highest BCUT2D eigenvalue weighted by Crippen LogP contribution is 2.25. The zero-order valence-electron chi connectivity index (χ0n) is 15.8. The Morgan fingerprint density at radius 1 is 1.14 bits per heavy atom. The summed E-state index contributed by atoms with van der Waals surface area (Å²) in [5, 5.41) is 10.4. The second-order valence-electron chi connectivity index (χ2n) is 5.88. The number of anilines is 2. The fraction of sp³-hybridized carbons (Fsp3) is 0.333. The molecule has 1 aromatic heterocycles. The van der Waals surface area contributed by atoms with Crippen molar-refractivity contribution in [3.63, 3.8) is 0 Å². The van der Waals surface area contributed by atoms with Crippen LogP contribution in [0.4, 0.5) is 11.6 Å². The summed E-state index contributed by atoms with van der Waals surface area (Å²) in [4.78, 5) is 13.2. The normalized spacial score (nSPS) is 11.2. The van der Waals surface area contributed by atoms with E-state index in [4.69, 9.17) is 40.2 Å². The van der Waals surface area contributed by atoms with Crippen molar-refractivity contribution >= 4 is 58.1 Å². The number of aryl methyl sites for hydroxylation is 2. The molecule has 0 fully saturated rings. The Hall–Kier alpha value is -2.00. The third-order valence-corrected chi connectivity index (χ3v) is 4.15. The van der Waals surface area contributed by atoms with Crippen LogP contribution in [0.15, 0.2) is 29.3 Å². The minimum Gasteiger partial charge on any atom is -0.385 e. The van der Waals surface area contributed by atoms with E-state index in [2.05, 4.69) is 30.9 Å². The monoisotopic (exact) mass is 440 g/mol. The van der Waals surface area contributed by atoms with E-state index in [0.717, 1.165) is 17.8 Å². The Balaban J connectivity index is 2.10. The summed E-state index contributed by atoms with van der Waals surface area (Å²) in [6, 6.07) is 6.99.